The third-order valence-electron chi connectivity index (χ3n) is 5.38. The summed E-state index contributed by atoms with van der Waals surface area (Å²) in [6.07, 6.45) is 1.85. The molecule has 1 fully saturated rings. The Morgan fingerprint density at radius 1 is 1.10 bits per heavy atom. The van der Waals surface area contributed by atoms with Crippen molar-refractivity contribution >= 4 is 17.6 Å². The van der Waals surface area contributed by atoms with E-state index in [1.807, 2.05) is 31.2 Å². The number of urea groups is 1. The number of hydrogen-bond donors (Lipinski definition) is 2. The van der Waals surface area contributed by atoms with Gasteiger partial charge >= 0.3 is 6.03 Å². The van der Waals surface area contributed by atoms with Crippen LogP contribution in [0.2, 0.25) is 0 Å². The highest BCUT2D eigenvalue weighted by Crippen LogP contribution is 2.19. The zero-order chi connectivity index (χ0) is 21.5. The Morgan fingerprint density at radius 3 is 2.50 bits per heavy atom. The van der Waals surface area contributed by atoms with E-state index in [0.29, 0.717) is 19.6 Å². The largest absolute Gasteiger partial charge is 0.342 e. The first-order valence-electron chi connectivity index (χ1n) is 10.2. The Kier molecular flexibility index (Phi) is 7.38. The summed E-state index contributed by atoms with van der Waals surface area (Å²) in [5.74, 6) is -1.21. The maximum absolute atomic E-state index is 13.7. The Hall–Kier alpha value is -2.96. The van der Waals surface area contributed by atoms with Gasteiger partial charge in [-0.1, -0.05) is 23.8 Å². The van der Waals surface area contributed by atoms with Gasteiger partial charge in [-0.15, -0.1) is 0 Å². The van der Waals surface area contributed by atoms with Gasteiger partial charge in [-0.25, -0.2) is 13.6 Å². The Balaban J connectivity index is 1.44. The van der Waals surface area contributed by atoms with Crippen LogP contribution < -0.4 is 10.6 Å². The van der Waals surface area contributed by atoms with Crippen LogP contribution in [0.15, 0.2) is 42.5 Å². The first-order chi connectivity index (χ1) is 14.4. The second-order valence-electron chi connectivity index (χ2n) is 7.75. The van der Waals surface area contributed by atoms with Crippen LogP contribution in [0.3, 0.4) is 0 Å². The van der Waals surface area contributed by atoms with E-state index in [4.69, 9.17) is 0 Å². The van der Waals surface area contributed by atoms with Gasteiger partial charge in [0.15, 0.2) is 0 Å². The van der Waals surface area contributed by atoms with Crippen LogP contribution in [0, 0.1) is 24.5 Å². The van der Waals surface area contributed by atoms with Gasteiger partial charge in [-0.3, -0.25) is 4.79 Å². The summed E-state index contributed by atoms with van der Waals surface area (Å²) >= 11 is 0. The van der Waals surface area contributed by atoms with Crippen LogP contribution in [0.4, 0.5) is 19.3 Å². The topological polar surface area (TPSA) is 61.4 Å². The zero-order valence-corrected chi connectivity index (χ0v) is 17.1. The minimum Gasteiger partial charge on any atom is -0.342 e. The molecule has 1 aliphatic rings. The van der Waals surface area contributed by atoms with Gasteiger partial charge in [0.2, 0.25) is 5.91 Å². The second-order valence-corrected chi connectivity index (χ2v) is 7.75. The van der Waals surface area contributed by atoms with Crippen LogP contribution in [0.1, 0.15) is 30.4 Å². The maximum Gasteiger partial charge on any atom is 0.319 e. The van der Waals surface area contributed by atoms with E-state index in [0.717, 1.165) is 24.1 Å². The van der Waals surface area contributed by atoms with Gasteiger partial charge in [0.25, 0.3) is 0 Å². The van der Waals surface area contributed by atoms with Crippen molar-refractivity contribution < 1.29 is 18.4 Å². The molecule has 0 aliphatic carbocycles. The van der Waals surface area contributed by atoms with Crippen molar-refractivity contribution in [2.45, 2.75) is 32.6 Å². The van der Waals surface area contributed by atoms with Crippen LogP contribution in [-0.4, -0.2) is 36.5 Å². The lowest BCUT2D eigenvalue weighted by molar-refractivity contribution is -0.132. The summed E-state index contributed by atoms with van der Waals surface area (Å²) < 4.78 is 27.5. The number of aryl methyl sites for hydroxylation is 1. The molecule has 5 nitrogen and oxygen atoms in total. The molecule has 0 spiro atoms. The SMILES string of the molecule is Cc1ccc(NC(=O)NCC2CCCN(C(=O)CCc3c(F)cccc3F)C2)cc1. The molecule has 1 saturated heterocycles. The predicted molar refractivity (Wildman–Crippen MR) is 112 cm³/mol. The molecule has 2 aromatic rings. The lowest BCUT2D eigenvalue weighted by atomic mass is 9.97. The maximum atomic E-state index is 13.7. The number of likely N-dealkylation sites (tertiary alicyclic amines) is 1. The number of rotatable bonds is 6. The molecule has 2 N–H and O–H groups in total. The Bertz CT molecular complexity index is 866. The van der Waals surface area contributed by atoms with Crippen molar-refractivity contribution in [2.24, 2.45) is 5.92 Å². The summed E-state index contributed by atoms with van der Waals surface area (Å²) in [4.78, 5) is 26.4. The molecule has 3 amide bonds. The summed E-state index contributed by atoms with van der Waals surface area (Å²) in [5, 5.41) is 5.65. The number of hydrogen-bond acceptors (Lipinski definition) is 2. The number of amides is 3. The number of carbonyl (C=O) groups is 2. The van der Waals surface area contributed by atoms with E-state index in [1.165, 1.54) is 18.2 Å². The molecule has 2 aromatic carbocycles. The summed E-state index contributed by atoms with van der Waals surface area (Å²) in [7, 11) is 0. The van der Waals surface area contributed by atoms with E-state index in [-0.39, 0.29) is 36.3 Å². The number of piperidine rings is 1. The molecule has 3 rings (SSSR count). The molecule has 30 heavy (non-hydrogen) atoms. The normalized spacial score (nSPS) is 16.2. The summed E-state index contributed by atoms with van der Waals surface area (Å²) in [6, 6.07) is 11.0. The number of carbonyl (C=O) groups excluding carboxylic acids is 2. The fraction of sp³-hybridized carbons (Fsp3) is 0.391. The minimum atomic E-state index is -0.622. The van der Waals surface area contributed by atoms with Crippen molar-refractivity contribution in [3.05, 3.63) is 65.2 Å². The van der Waals surface area contributed by atoms with Gasteiger partial charge in [-0.2, -0.15) is 0 Å². The number of nitrogens with one attached hydrogen (secondary N) is 2. The minimum absolute atomic E-state index is 0.0374. The van der Waals surface area contributed by atoms with Crippen molar-refractivity contribution in [1.29, 1.82) is 0 Å². The number of halogens is 2. The van der Waals surface area contributed by atoms with E-state index >= 15 is 0 Å². The molecule has 160 valence electrons. The first kappa shape index (κ1) is 21.7. The highest BCUT2D eigenvalue weighted by Gasteiger charge is 2.24. The molecule has 0 bridgehead atoms. The zero-order valence-electron chi connectivity index (χ0n) is 17.1. The second kappa shape index (κ2) is 10.2. The van der Waals surface area contributed by atoms with Crippen molar-refractivity contribution in [1.82, 2.24) is 10.2 Å². The average molecular weight is 415 g/mol. The van der Waals surface area contributed by atoms with Crippen LogP contribution in [0.5, 0.6) is 0 Å². The molecule has 1 heterocycles. The van der Waals surface area contributed by atoms with Gasteiger partial charge in [0, 0.05) is 37.3 Å². The molecular formula is C23H27F2N3O2. The first-order valence-corrected chi connectivity index (χ1v) is 10.2. The van der Waals surface area contributed by atoms with Gasteiger partial charge in [-0.05, 0) is 56.4 Å². The van der Waals surface area contributed by atoms with Gasteiger partial charge < -0.3 is 15.5 Å². The highest BCUT2D eigenvalue weighted by atomic mass is 19.1. The van der Waals surface area contributed by atoms with Crippen LogP contribution in [-0.2, 0) is 11.2 Å². The van der Waals surface area contributed by atoms with Gasteiger partial charge in [0.05, 0.1) is 0 Å². The van der Waals surface area contributed by atoms with E-state index in [9.17, 15) is 18.4 Å². The standard InChI is InChI=1S/C23H27F2N3O2/c1-16-7-9-18(10-8-16)27-23(30)26-14-17-4-3-13-28(15-17)22(29)12-11-19-20(24)5-2-6-21(19)25/h2,5-10,17H,3-4,11-15H2,1H3,(H2,26,27,30). The third kappa shape index (κ3) is 6.02. The smallest absolute Gasteiger partial charge is 0.319 e. The third-order valence-corrected chi connectivity index (χ3v) is 5.38. The fourth-order valence-electron chi connectivity index (χ4n) is 3.67. The molecular weight excluding hydrogens is 388 g/mol. The highest BCUT2D eigenvalue weighted by molar-refractivity contribution is 5.89. The predicted octanol–water partition coefficient (Wildman–Crippen LogP) is 4.27. The monoisotopic (exact) mass is 415 g/mol. The lowest BCUT2D eigenvalue weighted by Gasteiger charge is -2.33. The molecule has 0 aromatic heterocycles. The Labute approximate surface area is 175 Å². The van der Waals surface area contributed by atoms with Crippen molar-refractivity contribution in [3.63, 3.8) is 0 Å². The Morgan fingerprint density at radius 2 is 1.80 bits per heavy atom. The van der Waals surface area contributed by atoms with E-state index in [2.05, 4.69) is 10.6 Å². The molecule has 1 aliphatic heterocycles. The fourth-order valence-corrected chi connectivity index (χ4v) is 3.67. The van der Waals surface area contributed by atoms with Crippen LogP contribution >= 0.6 is 0 Å². The van der Waals surface area contributed by atoms with E-state index in [1.54, 1.807) is 4.90 Å². The van der Waals surface area contributed by atoms with Crippen LogP contribution in [0.25, 0.3) is 0 Å². The summed E-state index contributed by atoms with van der Waals surface area (Å²) in [6.45, 7) is 3.60. The molecule has 0 saturated carbocycles. The van der Waals surface area contributed by atoms with E-state index < -0.39 is 11.6 Å². The van der Waals surface area contributed by atoms with Gasteiger partial charge in [0.1, 0.15) is 11.6 Å². The number of benzene rings is 2. The lowest BCUT2D eigenvalue weighted by Crippen LogP contribution is -2.44. The molecule has 0 radical (unpaired) electrons. The molecule has 1 unspecified atom stereocenters. The van der Waals surface area contributed by atoms with Crippen molar-refractivity contribution in [2.75, 3.05) is 25.0 Å². The average Bonchev–Trinajstić information content (AvgIpc) is 2.73. The molecule has 1 atom stereocenters. The summed E-state index contributed by atoms with van der Waals surface area (Å²) in [5.41, 5.74) is 1.79. The number of nitrogens with zero attached hydrogens (tertiary/aromatic N) is 1. The molecule has 7 heteroatoms. The quantitative estimate of drug-likeness (QED) is 0.740. The van der Waals surface area contributed by atoms with Crippen molar-refractivity contribution in [3.8, 4) is 0 Å². The number of anilines is 1.